The Bertz CT molecular complexity index is 621. The Morgan fingerprint density at radius 3 is 2.21 bits per heavy atom. The molecule has 19 heavy (non-hydrogen) atoms. The normalized spacial score (nSPS) is 11.3. The summed E-state index contributed by atoms with van der Waals surface area (Å²) in [5.41, 5.74) is 7.51. The van der Waals surface area contributed by atoms with Gasteiger partial charge in [-0.2, -0.15) is 0 Å². The van der Waals surface area contributed by atoms with Crippen molar-refractivity contribution in [1.82, 2.24) is 0 Å². The highest BCUT2D eigenvalue weighted by atomic mass is 35.5. The van der Waals surface area contributed by atoms with E-state index in [1.165, 1.54) is 12.1 Å². The van der Waals surface area contributed by atoms with Crippen LogP contribution in [0.2, 0.25) is 0 Å². The molecule has 0 saturated heterocycles. The molecular formula is C13H10ClN3O2. The van der Waals surface area contributed by atoms with Gasteiger partial charge in [0, 0.05) is 23.4 Å². The molecule has 0 spiro atoms. The van der Waals surface area contributed by atoms with Gasteiger partial charge in [0.15, 0.2) is 0 Å². The van der Waals surface area contributed by atoms with E-state index in [2.05, 4.69) is 4.99 Å². The highest BCUT2D eigenvalue weighted by molar-refractivity contribution is 6.69. The zero-order valence-electron chi connectivity index (χ0n) is 9.79. The molecular weight excluding hydrogens is 266 g/mol. The Hall–Kier alpha value is -2.40. The molecule has 0 bridgehead atoms. The SMILES string of the molecule is Nc1ccc(N=C(Cl)c2ccc([N+](=O)[O-])cc2)cc1. The number of anilines is 1. The first-order chi connectivity index (χ1) is 9.06. The summed E-state index contributed by atoms with van der Waals surface area (Å²) >= 11 is 6.06. The molecule has 0 amide bonds. The van der Waals surface area contributed by atoms with Crippen LogP contribution < -0.4 is 5.73 Å². The van der Waals surface area contributed by atoms with Crippen LogP contribution >= 0.6 is 11.6 Å². The fraction of sp³-hybridized carbons (Fsp3) is 0. The van der Waals surface area contributed by atoms with Crippen LogP contribution in [0.25, 0.3) is 0 Å². The van der Waals surface area contributed by atoms with E-state index in [0.29, 0.717) is 16.9 Å². The summed E-state index contributed by atoms with van der Waals surface area (Å²) in [7, 11) is 0. The van der Waals surface area contributed by atoms with Gasteiger partial charge < -0.3 is 5.73 Å². The molecule has 0 fully saturated rings. The molecule has 0 aliphatic rings. The van der Waals surface area contributed by atoms with Crippen molar-refractivity contribution >= 4 is 33.8 Å². The van der Waals surface area contributed by atoms with Gasteiger partial charge in [0.1, 0.15) is 5.17 Å². The second kappa shape index (κ2) is 5.49. The largest absolute Gasteiger partial charge is 0.399 e. The number of non-ortho nitro benzene ring substituents is 1. The monoisotopic (exact) mass is 275 g/mol. The Kier molecular flexibility index (Phi) is 3.77. The molecule has 0 atom stereocenters. The van der Waals surface area contributed by atoms with Gasteiger partial charge >= 0.3 is 0 Å². The summed E-state index contributed by atoms with van der Waals surface area (Å²) in [6.07, 6.45) is 0. The lowest BCUT2D eigenvalue weighted by Gasteiger charge is -2.00. The van der Waals surface area contributed by atoms with E-state index in [0.717, 1.165) is 0 Å². The third-order valence-corrected chi connectivity index (χ3v) is 2.74. The van der Waals surface area contributed by atoms with Crippen molar-refractivity contribution in [3.8, 4) is 0 Å². The van der Waals surface area contributed by atoms with Gasteiger partial charge in [-0.15, -0.1) is 0 Å². The Balaban J connectivity index is 2.25. The summed E-state index contributed by atoms with van der Waals surface area (Å²) in [5.74, 6) is 0. The number of rotatable bonds is 3. The average molecular weight is 276 g/mol. The van der Waals surface area contributed by atoms with Crippen molar-refractivity contribution in [3.05, 3.63) is 64.2 Å². The van der Waals surface area contributed by atoms with Gasteiger partial charge in [-0.05, 0) is 36.4 Å². The molecule has 0 radical (unpaired) electrons. The Labute approximate surface area is 114 Å². The number of hydrogen-bond acceptors (Lipinski definition) is 4. The van der Waals surface area contributed by atoms with Crippen LogP contribution in [0.3, 0.4) is 0 Å². The van der Waals surface area contributed by atoms with Crippen LogP contribution in [0, 0.1) is 10.1 Å². The van der Waals surface area contributed by atoms with E-state index >= 15 is 0 Å². The minimum Gasteiger partial charge on any atom is -0.399 e. The van der Waals surface area contributed by atoms with E-state index < -0.39 is 4.92 Å². The smallest absolute Gasteiger partial charge is 0.269 e. The summed E-state index contributed by atoms with van der Waals surface area (Å²) in [4.78, 5) is 14.3. The first-order valence-electron chi connectivity index (χ1n) is 5.41. The molecule has 0 heterocycles. The van der Waals surface area contributed by atoms with Crippen LogP contribution in [-0.2, 0) is 0 Å². The zero-order chi connectivity index (χ0) is 13.8. The second-order valence-electron chi connectivity index (χ2n) is 3.80. The molecule has 5 nitrogen and oxygen atoms in total. The maximum atomic E-state index is 10.5. The summed E-state index contributed by atoms with van der Waals surface area (Å²) in [6, 6.07) is 12.8. The molecule has 0 aromatic heterocycles. The first kappa shape index (κ1) is 13.0. The van der Waals surface area contributed by atoms with Crippen LogP contribution in [0.5, 0.6) is 0 Å². The van der Waals surface area contributed by atoms with Crippen molar-refractivity contribution in [3.63, 3.8) is 0 Å². The third-order valence-electron chi connectivity index (χ3n) is 2.44. The van der Waals surface area contributed by atoms with E-state index in [9.17, 15) is 10.1 Å². The van der Waals surface area contributed by atoms with E-state index in [1.807, 2.05) is 0 Å². The maximum Gasteiger partial charge on any atom is 0.269 e. The van der Waals surface area contributed by atoms with Gasteiger partial charge in [0.2, 0.25) is 0 Å². The van der Waals surface area contributed by atoms with Crippen LogP contribution in [0.15, 0.2) is 53.5 Å². The summed E-state index contributed by atoms with van der Waals surface area (Å²) in [6.45, 7) is 0. The van der Waals surface area contributed by atoms with Gasteiger partial charge in [-0.1, -0.05) is 11.6 Å². The molecule has 2 aromatic carbocycles. The van der Waals surface area contributed by atoms with Gasteiger partial charge in [0.25, 0.3) is 5.69 Å². The Morgan fingerprint density at radius 2 is 1.68 bits per heavy atom. The number of hydrogen-bond donors (Lipinski definition) is 1. The van der Waals surface area contributed by atoms with Crippen molar-refractivity contribution in [1.29, 1.82) is 0 Å². The predicted molar refractivity (Wildman–Crippen MR) is 76.0 cm³/mol. The number of nitrogens with zero attached hydrogens (tertiary/aromatic N) is 2. The van der Waals surface area contributed by atoms with Gasteiger partial charge in [-0.25, -0.2) is 4.99 Å². The molecule has 2 rings (SSSR count). The highest BCUT2D eigenvalue weighted by Crippen LogP contribution is 2.19. The van der Waals surface area contributed by atoms with Gasteiger partial charge in [0.05, 0.1) is 10.6 Å². The predicted octanol–water partition coefficient (Wildman–Crippen LogP) is 3.49. The van der Waals surface area contributed by atoms with Crippen molar-refractivity contribution in [2.45, 2.75) is 0 Å². The summed E-state index contributed by atoms with van der Waals surface area (Å²) in [5, 5.41) is 10.8. The molecule has 0 aliphatic carbocycles. The molecule has 0 aliphatic heterocycles. The van der Waals surface area contributed by atoms with Crippen molar-refractivity contribution in [2.75, 3.05) is 5.73 Å². The number of nitro benzene ring substituents is 1. The van der Waals surface area contributed by atoms with Crippen molar-refractivity contribution in [2.24, 2.45) is 4.99 Å². The van der Waals surface area contributed by atoms with E-state index in [1.54, 1.807) is 36.4 Å². The number of benzene rings is 2. The fourth-order valence-corrected chi connectivity index (χ4v) is 1.67. The molecule has 2 N–H and O–H groups in total. The number of nitrogen functional groups attached to an aromatic ring is 1. The van der Waals surface area contributed by atoms with Crippen LogP contribution in [0.4, 0.5) is 17.1 Å². The molecule has 2 aromatic rings. The lowest BCUT2D eigenvalue weighted by atomic mass is 10.2. The molecule has 0 unspecified atom stereocenters. The minimum atomic E-state index is -0.463. The minimum absolute atomic E-state index is 0.0145. The Morgan fingerprint density at radius 1 is 1.11 bits per heavy atom. The average Bonchev–Trinajstić information content (AvgIpc) is 2.41. The van der Waals surface area contributed by atoms with Gasteiger partial charge in [-0.3, -0.25) is 10.1 Å². The standard InChI is InChI=1S/C13H10ClN3O2/c14-13(16-11-5-3-10(15)4-6-11)9-1-7-12(8-2-9)17(18)19/h1-8H,15H2. The number of nitrogens with two attached hydrogens (primary N) is 1. The second-order valence-corrected chi connectivity index (χ2v) is 4.16. The lowest BCUT2D eigenvalue weighted by molar-refractivity contribution is -0.384. The number of halogens is 1. The van der Waals surface area contributed by atoms with E-state index in [-0.39, 0.29) is 10.9 Å². The molecule has 0 saturated carbocycles. The van der Waals surface area contributed by atoms with E-state index in [4.69, 9.17) is 17.3 Å². The van der Waals surface area contributed by atoms with Crippen molar-refractivity contribution < 1.29 is 4.92 Å². The molecule has 6 heteroatoms. The fourth-order valence-electron chi connectivity index (χ4n) is 1.45. The zero-order valence-corrected chi connectivity index (χ0v) is 10.5. The number of nitro groups is 1. The van der Waals surface area contributed by atoms with Crippen LogP contribution in [0.1, 0.15) is 5.56 Å². The quantitative estimate of drug-likeness (QED) is 0.403. The molecule has 96 valence electrons. The third kappa shape index (κ3) is 3.29. The number of aliphatic imine (C=N–C) groups is 1. The summed E-state index contributed by atoms with van der Waals surface area (Å²) < 4.78 is 0. The topological polar surface area (TPSA) is 81.5 Å². The maximum absolute atomic E-state index is 10.5. The highest BCUT2D eigenvalue weighted by Gasteiger charge is 2.06. The first-order valence-corrected chi connectivity index (χ1v) is 5.78. The lowest BCUT2D eigenvalue weighted by Crippen LogP contribution is -1.92. The van der Waals surface area contributed by atoms with Crippen LogP contribution in [-0.4, -0.2) is 10.1 Å².